The van der Waals surface area contributed by atoms with Gasteiger partial charge in [-0.15, -0.1) is 0 Å². The molecule has 0 aromatic carbocycles. The van der Waals surface area contributed by atoms with E-state index in [1.807, 2.05) is 4.90 Å². The number of primary amides is 1. The van der Waals surface area contributed by atoms with Crippen molar-refractivity contribution < 1.29 is 9.59 Å². The molecule has 2 amide bonds. The van der Waals surface area contributed by atoms with Crippen LogP contribution in [0.2, 0.25) is 0 Å². The molecular weight excluding hydrogens is 218 g/mol. The van der Waals surface area contributed by atoms with Gasteiger partial charge in [-0.25, -0.2) is 0 Å². The maximum atomic E-state index is 12.3. The van der Waals surface area contributed by atoms with Crippen LogP contribution in [0.25, 0.3) is 0 Å². The molecule has 2 rings (SSSR count). The summed E-state index contributed by atoms with van der Waals surface area (Å²) in [5.74, 6) is -0.0532. The van der Waals surface area contributed by atoms with E-state index in [-0.39, 0.29) is 23.7 Å². The molecule has 17 heavy (non-hydrogen) atoms. The topological polar surface area (TPSA) is 75.4 Å². The molecule has 0 radical (unpaired) electrons. The second-order valence-corrected chi connectivity index (χ2v) is 5.05. The van der Waals surface area contributed by atoms with E-state index < -0.39 is 0 Å². The second-order valence-electron chi connectivity index (χ2n) is 5.05. The van der Waals surface area contributed by atoms with E-state index in [0.717, 1.165) is 45.3 Å². The van der Waals surface area contributed by atoms with Gasteiger partial charge in [0.1, 0.15) is 0 Å². The Bertz CT molecular complexity index is 300. The molecule has 5 heteroatoms. The van der Waals surface area contributed by atoms with Gasteiger partial charge in [-0.2, -0.15) is 0 Å². The third-order valence-corrected chi connectivity index (χ3v) is 3.82. The quantitative estimate of drug-likeness (QED) is 0.695. The second kappa shape index (κ2) is 5.49. The molecule has 0 aromatic rings. The highest BCUT2D eigenvalue weighted by Gasteiger charge is 2.31. The Labute approximate surface area is 102 Å². The maximum absolute atomic E-state index is 12.3. The Morgan fingerprint density at radius 2 is 1.82 bits per heavy atom. The first-order valence-electron chi connectivity index (χ1n) is 6.47. The standard InChI is InChI=1S/C12H21N3O2/c13-11(16)10-2-1-7-15(8-10)12(17)9-3-5-14-6-4-9/h9-10,14H,1-8H2,(H2,13,16)/t10-/m0/s1. The predicted octanol–water partition coefficient (Wildman–Crippen LogP) is -0.290. The van der Waals surface area contributed by atoms with Crippen LogP contribution in [0.3, 0.4) is 0 Å². The molecule has 0 aromatic heterocycles. The Morgan fingerprint density at radius 1 is 1.12 bits per heavy atom. The van der Waals surface area contributed by atoms with Crippen molar-refractivity contribution in [2.45, 2.75) is 25.7 Å². The van der Waals surface area contributed by atoms with Crippen molar-refractivity contribution in [3.05, 3.63) is 0 Å². The first kappa shape index (κ1) is 12.4. The van der Waals surface area contributed by atoms with Gasteiger partial charge < -0.3 is 16.0 Å². The van der Waals surface area contributed by atoms with Crippen molar-refractivity contribution in [1.29, 1.82) is 0 Å². The number of nitrogens with zero attached hydrogens (tertiary/aromatic N) is 1. The van der Waals surface area contributed by atoms with Crippen LogP contribution in [0.5, 0.6) is 0 Å². The molecule has 0 spiro atoms. The van der Waals surface area contributed by atoms with E-state index in [9.17, 15) is 9.59 Å². The first-order valence-corrected chi connectivity index (χ1v) is 6.47. The van der Waals surface area contributed by atoms with Crippen LogP contribution in [0.15, 0.2) is 0 Å². The number of nitrogens with two attached hydrogens (primary N) is 1. The summed E-state index contributed by atoms with van der Waals surface area (Å²) in [5, 5.41) is 3.25. The minimum Gasteiger partial charge on any atom is -0.369 e. The molecule has 0 unspecified atom stereocenters. The molecule has 1 atom stereocenters. The molecule has 5 nitrogen and oxygen atoms in total. The molecule has 0 saturated carbocycles. The normalized spacial score (nSPS) is 26.8. The zero-order valence-corrected chi connectivity index (χ0v) is 10.2. The third-order valence-electron chi connectivity index (χ3n) is 3.82. The Morgan fingerprint density at radius 3 is 2.47 bits per heavy atom. The molecule has 3 N–H and O–H groups in total. The van der Waals surface area contributed by atoms with Crippen molar-refractivity contribution in [3.8, 4) is 0 Å². The van der Waals surface area contributed by atoms with Crippen molar-refractivity contribution in [1.82, 2.24) is 10.2 Å². The fourth-order valence-electron chi connectivity index (χ4n) is 2.74. The van der Waals surface area contributed by atoms with Gasteiger partial charge in [-0.3, -0.25) is 9.59 Å². The smallest absolute Gasteiger partial charge is 0.225 e. The highest BCUT2D eigenvalue weighted by molar-refractivity contribution is 5.81. The van der Waals surface area contributed by atoms with E-state index >= 15 is 0 Å². The van der Waals surface area contributed by atoms with Crippen molar-refractivity contribution >= 4 is 11.8 Å². The van der Waals surface area contributed by atoms with Gasteiger partial charge in [0.2, 0.25) is 11.8 Å². The minimum atomic E-state index is -0.271. The van der Waals surface area contributed by atoms with Gasteiger partial charge in [0.25, 0.3) is 0 Å². The number of rotatable bonds is 2. The SMILES string of the molecule is NC(=O)[C@H]1CCCN(C(=O)C2CCNCC2)C1. The first-order chi connectivity index (χ1) is 8.18. The Hall–Kier alpha value is -1.10. The van der Waals surface area contributed by atoms with Crippen LogP contribution < -0.4 is 11.1 Å². The molecule has 2 fully saturated rings. The number of amides is 2. The lowest BCUT2D eigenvalue weighted by Crippen LogP contribution is -2.47. The van der Waals surface area contributed by atoms with Crippen LogP contribution in [0, 0.1) is 11.8 Å². The summed E-state index contributed by atoms with van der Waals surface area (Å²) in [6, 6.07) is 0. The van der Waals surface area contributed by atoms with Gasteiger partial charge in [-0.1, -0.05) is 0 Å². The number of hydrogen-bond donors (Lipinski definition) is 2. The monoisotopic (exact) mass is 239 g/mol. The molecule has 2 aliphatic rings. The van der Waals surface area contributed by atoms with Crippen molar-refractivity contribution in [2.24, 2.45) is 17.6 Å². The fraction of sp³-hybridized carbons (Fsp3) is 0.833. The van der Waals surface area contributed by atoms with E-state index in [0.29, 0.717) is 6.54 Å². The molecule has 96 valence electrons. The largest absolute Gasteiger partial charge is 0.369 e. The number of likely N-dealkylation sites (tertiary alicyclic amines) is 1. The Kier molecular flexibility index (Phi) is 3.99. The summed E-state index contributed by atoms with van der Waals surface area (Å²) in [7, 11) is 0. The molecule has 0 aliphatic carbocycles. The van der Waals surface area contributed by atoms with Crippen molar-refractivity contribution in [2.75, 3.05) is 26.2 Å². The van der Waals surface area contributed by atoms with E-state index in [2.05, 4.69) is 5.32 Å². The maximum Gasteiger partial charge on any atom is 0.225 e. The van der Waals surface area contributed by atoms with Crippen molar-refractivity contribution in [3.63, 3.8) is 0 Å². The van der Waals surface area contributed by atoms with Crippen LogP contribution in [0.4, 0.5) is 0 Å². The lowest BCUT2D eigenvalue weighted by atomic mass is 9.92. The molecule has 2 aliphatic heterocycles. The minimum absolute atomic E-state index is 0.142. The number of hydrogen-bond acceptors (Lipinski definition) is 3. The van der Waals surface area contributed by atoms with Gasteiger partial charge in [0.15, 0.2) is 0 Å². The molecule has 0 bridgehead atoms. The molecule has 2 saturated heterocycles. The van der Waals surface area contributed by atoms with Crippen LogP contribution >= 0.6 is 0 Å². The number of carbonyl (C=O) groups excluding carboxylic acids is 2. The van der Waals surface area contributed by atoms with Crippen LogP contribution in [-0.2, 0) is 9.59 Å². The third kappa shape index (κ3) is 2.97. The Balaban J connectivity index is 1.91. The van der Waals surface area contributed by atoms with Gasteiger partial charge in [0, 0.05) is 19.0 Å². The summed E-state index contributed by atoms with van der Waals surface area (Å²) in [6.45, 7) is 3.15. The lowest BCUT2D eigenvalue weighted by molar-refractivity contribution is -0.139. The van der Waals surface area contributed by atoms with Gasteiger partial charge in [0.05, 0.1) is 5.92 Å². The van der Waals surface area contributed by atoms with E-state index in [1.54, 1.807) is 0 Å². The zero-order valence-electron chi connectivity index (χ0n) is 10.2. The molecule has 2 heterocycles. The average molecular weight is 239 g/mol. The summed E-state index contributed by atoms with van der Waals surface area (Å²) in [5.41, 5.74) is 5.32. The number of piperidine rings is 2. The molecular formula is C12H21N3O2. The van der Waals surface area contributed by atoms with Gasteiger partial charge in [-0.05, 0) is 38.8 Å². The summed E-state index contributed by atoms with van der Waals surface area (Å²) >= 11 is 0. The fourth-order valence-corrected chi connectivity index (χ4v) is 2.74. The lowest BCUT2D eigenvalue weighted by Gasteiger charge is -2.34. The summed E-state index contributed by atoms with van der Waals surface area (Å²) in [4.78, 5) is 25.3. The van der Waals surface area contributed by atoms with Gasteiger partial charge >= 0.3 is 0 Å². The highest BCUT2D eigenvalue weighted by Crippen LogP contribution is 2.21. The predicted molar refractivity (Wildman–Crippen MR) is 64.1 cm³/mol. The average Bonchev–Trinajstić information content (AvgIpc) is 2.39. The summed E-state index contributed by atoms with van der Waals surface area (Å²) < 4.78 is 0. The number of nitrogens with one attached hydrogen (secondary N) is 1. The zero-order chi connectivity index (χ0) is 12.3. The van der Waals surface area contributed by atoms with Crippen LogP contribution in [-0.4, -0.2) is 42.9 Å². The highest BCUT2D eigenvalue weighted by atomic mass is 16.2. The summed E-state index contributed by atoms with van der Waals surface area (Å²) in [6.07, 6.45) is 3.54. The van der Waals surface area contributed by atoms with E-state index in [4.69, 9.17) is 5.73 Å². The number of carbonyl (C=O) groups is 2. The van der Waals surface area contributed by atoms with E-state index in [1.165, 1.54) is 0 Å². The van der Waals surface area contributed by atoms with Crippen LogP contribution in [0.1, 0.15) is 25.7 Å².